The summed E-state index contributed by atoms with van der Waals surface area (Å²) >= 11 is 0. The lowest BCUT2D eigenvalue weighted by molar-refractivity contribution is -0.360. The molecule has 0 aliphatic carbocycles. The number of fused-ring (bicyclic) bond motifs is 7. The summed E-state index contributed by atoms with van der Waals surface area (Å²) in [4.78, 5) is 18.5. The van der Waals surface area contributed by atoms with Crippen LogP contribution in [0.25, 0.3) is 54.9 Å². The van der Waals surface area contributed by atoms with Crippen molar-refractivity contribution in [2.75, 3.05) is 5.09 Å². The van der Waals surface area contributed by atoms with Gasteiger partial charge in [0.25, 0.3) is 0 Å². The Bertz CT molecular complexity index is 2260. The summed E-state index contributed by atoms with van der Waals surface area (Å²) in [6.45, 7) is 13.3. The second-order valence-electron chi connectivity index (χ2n) is 15.4. The molecule has 1 aliphatic heterocycles. The number of anilines is 1. The van der Waals surface area contributed by atoms with E-state index in [4.69, 9.17) is 9.05 Å². The molecule has 0 spiro atoms. The van der Waals surface area contributed by atoms with Crippen LogP contribution >= 0.6 is 8.09 Å². The van der Waals surface area contributed by atoms with Gasteiger partial charge in [0.05, 0.1) is 6.20 Å². The van der Waals surface area contributed by atoms with Gasteiger partial charge in [-0.3, -0.25) is 9.05 Å². The van der Waals surface area contributed by atoms with Crippen molar-refractivity contribution < 1.29 is 18.9 Å². The van der Waals surface area contributed by atoms with Crippen molar-refractivity contribution in [3.05, 3.63) is 145 Å². The van der Waals surface area contributed by atoms with Crippen LogP contribution in [0.3, 0.4) is 0 Å². The van der Waals surface area contributed by atoms with Crippen molar-refractivity contribution in [2.24, 2.45) is 0 Å². The summed E-state index contributed by atoms with van der Waals surface area (Å²) < 4.78 is 13.7. The Morgan fingerprint density at radius 2 is 0.980 bits per heavy atom. The van der Waals surface area contributed by atoms with Gasteiger partial charge < -0.3 is 4.89 Å². The third-order valence-electron chi connectivity index (χ3n) is 9.77. The molecule has 0 saturated heterocycles. The molecule has 5 nitrogen and oxygen atoms in total. The van der Waals surface area contributed by atoms with Gasteiger partial charge in [0.2, 0.25) is 0 Å². The average Bonchev–Trinajstić information content (AvgIpc) is 3.25. The predicted octanol–water partition coefficient (Wildman–Crippen LogP) is 11.3. The fourth-order valence-electron chi connectivity index (χ4n) is 6.99. The molecule has 7 aromatic rings. The van der Waals surface area contributed by atoms with E-state index in [2.05, 4.69) is 149 Å². The molecule has 254 valence electrons. The highest BCUT2D eigenvalue weighted by molar-refractivity contribution is 7.61. The standard InChI is InChI=1S/C45H41N2O3P/c1-44(2,3)33-22-18-29(19-23-33)37-27-31-13-7-9-15-35(31)40-41-36-16-10-8-14-32(36)28-38(30-20-24-34(25-21-30)45(4,5)6)43(41)50-51(48,49-42(37)40)47-39-17-11-12-26-46-39/h7-28H,1-6H3,(H,46,47,48)/p+1. The van der Waals surface area contributed by atoms with Crippen molar-refractivity contribution in [2.45, 2.75) is 52.4 Å². The van der Waals surface area contributed by atoms with Gasteiger partial charge in [0.15, 0.2) is 11.5 Å². The van der Waals surface area contributed by atoms with Crippen LogP contribution in [0.2, 0.25) is 0 Å². The van der Waals surface area contributed by atoms with Crippen LogP contribution in [0.1, 0.15) is 52.7 Å². The number of hydrogen-bond acceptors (Lipinski definition) is 4. The van der Waals surface area contributed by atoms with E-state index in [0.29, 0.717) is 17.3 Å². The summed E-state index contributed by atoms with van der Waals surface area (Å²) in [5.74, 6) is 1.53. The van der Waals surface area contributed by atoms with Crippen molar-refractivity contribution in [1.82, 2.24) is 0 Å². The molecule has 2 heterocycles. The second-order valence-corrected chi connectivity index (χ2v) is 17.0. The minimum Gasteiger partial charge on any atom is -0.581 e. The second kappa shape index (κ2) is 12.2. The van der Waals surface area contributed by atoms with Gasteiger partial charge in [-0.05, 0) is 72.8 Å². The van der Waals surface area contributed by atoms with Gasteiger partial charge in [-0.1, -0.05) is 150 Å². The van der Waals surface area contributed by atoms with Crippen LogP contribution in [0.15, 0.2) is 134 Å². The maximum atomic E-state index is 15.4. The lowest BCUT2D eigenvalue weighted by Gasteiger charge is -2.24. The highest BCUT2D eigenvalue weighted by Gasteiger charge is 2.47. The van der Waals surface area contributed by atoms with E-state index in [1.165, 1.54) is 11.1 Å². The van der Waals surface area contributed by atoms with Gasteiger partial charge in [0.1, 0.15) is 0 Å². The number of hydrogen-bond donors (Lipinski definition) is 1. The largest absolute Gasteiger partial charge is 0.581 e. The monoisotopic (exact) mass is 689 g/mol. The molecule has 1 aliphatic rings. The van der Waals surface area contributed by atoms with E-state index in [-0.39, 0.29) is 10.8 Å². The van der Waals surface area contributed by atoms with E-state index in [0.717, 1.165) is 54.9 Å². The summed E-state index contributed by atoms with van der Waals surface area (Å²) in [5, 5.41) is 7.21. The Labute approximate surface area is 300 Å². The molecule has 0 radical (unpaired) electrons. The number of pyridine rings is 1. The average molecular weight is 690 g/mol. The summed E-state index contributed by atoms with van der Waals surface area (Å²) in [6, 6.07) is 43.7. The van der Waals surface area contributed by atoms with E-state index >= 15 is 4.89 Å². The zero-order valence-electron chi connectivity index (χ0n) is 29.9. The molecule has 0 unspecified atom stereocenters. The summed E-state index contributed by atoms with van der Waals surface area (Å²) in [7, 11) is -4.15. The fraction of sp³-hybridized carbons (Fsp3) is 0.178. The van der Waals surface area contributed by atoms with E-state index in [1.54, 1.807) is 6.20 Å². The number of benzene rings is 6. The Kier molecular flexibility index (Phi) is 7.90. The zero-order chi connectivity index (χ0) is 35.5. The highest BCUT2D eigenvalue weighted by Crippen LogP contribution is 2.64. The molecule has 0 saturated carbocycles. The van der Waals surface area contributed by atoms with Crippen molar-refractivity contribution in [3.63, 3.8) is 0 Å². The third kappa shape index (κ3) is 6.11. The van der Waals surface area contributed by atoms with E-state index in [1.807, 2.05) is 30.3 Å². The predicted molar refractivity (Wildman–Crippen MR) is 210 cm³/mol. The minimum atomic E-state index is -4.15. The van der Waals surface area contributed by atoms with Crippen LogP contribution in [0.4, 0.5) is 5.82 Å². The normalized spacial score (nSPS) is 13.9. The first-order valence-corrected chi connectivity index (χ1v) is 19.0. The molecule has 0 amide bonds. The molecule has 0 atom stereocenters. The topological polar surface area (TPSA) is 67.7 Å². The van der Waals surface area contributed by atoms with Gasteiger partial charge >= 0.3 is 13.9 Å². The Morgan fingerprint density at radius 1 is 0.549 bits per heavy atom. The molecule has 6 heteroatoms. The first-order chi connectivity index (χ1) is 24.4. The van der Waals surface area contributed by atoms with Gasteiger partial charge in [-0.15, -0.1) is 0 Å². The molecule has 0 fully saturated rings. The maximum absolute atomic E-state index is 15.4. The Morgan fingerprint density at radius 3 is 1.39 bits per heavy atom. The van der Waals surface area contributed by atoms with E-state index in [9.17, 15) is 0 Å². The van der Waals surface area contributed by atoms with Crippen molar-refractivity contribution >= 4 is 35.5 Å². The minimum absolute atomic E-state index is 0.00565. The maximum Gasteiger partial charge on any atom is 0.504 e. The smallest absolute Gasteiger partial charge is 0.504 e. The fourth-order valence-corrected chi connectivity index (χ4v) is 8.41. The molecular weight excluding hydrogens is 647 g/mol. The molecular formula is C45H42N2O3P+. The lowest BCUT2D eigenvalue weighted by Crippen LogP contribution is -2.29. The van der Waals surface area contributed by atoms with E-state index < -0.39 is 8.09 Å². The van der Waals surface area contributed by atoms with Crippen molar-refractivity contribution in [1.29, 1.82) is 0 Å². The molecule has 8 rings (SSSR count). The number of nitrogens with one attached hydrogen (secondary N) is 2. The summed E-state index contributed by atoms with van der Waals surface area (Å²) in [6.07, 6.45) is 1.78. The molecule has 1 aromatic heterocycles. The van der Waals surface area contributed by atoms with Crippen LogP contribution < -0.4 is 24.0 Å². The van der Waals surface area contributed by atoms with Crippen LogP contribution in [-0.2, 0) is 10.8 Å². The number of rotatable bonds is 4. The quantitative estimate of drug-likeness (QED) is 0.187. The first-order valence-electron chi connectivity index (χ1n) is 17.5. The Balaban J connectivity index is 1.48. The lowest BCUT2D eigenvalue weighted by atomic mass is 9.84. The SMILES string of the molecule is CC(C)(C)c1ccc(-c2cc3ccccc3c3c2O[P+]([O-])(Nc2cccc[nH+]2)Oc2c(-c4ccc(C(C)(C)C)cc4)cc4ccccc4c2-3)cc1. The number of aromatic nitrogens is 1. The molecule has 2 N–H and O–H groups in total. The van der Waals surface area contributed by atoms with Gasteiger partial charge in [-0.2, -0.15) is 0 Å². The third-order valence-corrected chi connectivity index (χ3v) is 11.1. The first kappa shape index (κ1) is 33.0. The Hall–Kier alpha value is -5.22. The molecule has 51 heavy (non-hydrogen) atoms. The van der Waals surface area contributed by atoms with Crippen LogP contribution in [-0.4, -0.2) is 0 Å². The van der Waals surface area contributed by atoms with Crippen LogP contribution in [0.5, 0.6) is 11.5 Å². The van der Waals surface area contributed by atoms with Gasteiger partial charge in [-0.25, -0.2) is 4.98 Å². The number of aromatic amines is 1. The van der Waals surface area contributed by atoms with Crippen LogP contribution in [0, 0.1) is 0 Å². The molecule has 6 aromatic carbocycles. The highest BCUT2D eigenvalue weighted by atomic mass is 31.2. The van der Waals surface area contributed by atoms with Crippen molar-refractivity contribution in [3.8, 4) is 44.9 Å². The summed E-state index contributed by atoms with van der Waals surface area (Å²) in [5.41, 5.74) is 7.74. The number of H-pyrrole nitrogens is 1. The van der Waals surface area contributed by atoms with Gasteiger partial charge in [0, 0.05) is 28.3 Å². The molecule has 0 bridgehead atoms. The zero-order valence-corrected chi connectivity index (χ0v) is 30.8.